The number of hydrogen-bond acceptors (Lipinski definition) is 5. The van der Waals surface area contributed by atoms with Crippen LogP contribution in [0, 0.1) is 0 Å². The number of rotatable bonds is 3. The first kappa shape index (κ1) is 18.0. The first-order valence-corrected chi connectivity index (χ1v) is 10.0. The monoisotopic (exact) mass is 386 g/mol. The standard InChI is InChI=1S/C20H22N2O4S/c1-25-16-6-3-2-5-15(16)18(23)21-10-8-20(9-11-21)22(12-14-27-20)19(24)17-7-4-13-26-17/h2-7,13H,8-12,14H2,1H3. The van der Waals surface area contributed by atoms with Crippen LogP contribution in [0.3, 0.4) is 0 Å². The van der Waals surface area contributed by atoms with E-state index in [4.69, 9.17) is 9.15 Å². The zero-order valence-electron chi connectivity index (χ0n) is 15.2. The molecular formula is C20H22N2O4S. The average molecular weight is 386 g/mol. The van der Waals surface area contributed by atoms with E-state index in [9.17, 15) is 9.59 Å². The van der Waals surface area contributed by atoms with Crippen molar-refractivity contribution in [3.8, 4) is 5.75 Å². The van der Waals surface area contributed by atoms with Crippen LogP contribution in [0.1, 0.15) is 33.8 Å². The fourth-order valence-corrected chi connectivity index (χ4v) is 5.35. The Morgan fingerprint density at radius 3 is 2.56 bits per heavy atom. The van der Waals surface area contributed by atoms with Gasteiger partial charge in [0, 0.05) is 25.4 Å². The van der Waals surface area contributed by atoms with Crippen LogP contribution in [0.15, 0.2) is 47.1 Å². The van der Waals surface area contributed by atoms with Gasteiger partial charge in [-0.1, -0.05) is 12.1 Å². The number of nitrogens with zero attached hydrogens (tertiary/aromatic N) is 2. The minimum absolute atomic E-state index is 0.0193. The van der Waals surface area contributed by atoms with E-state index in [0.717, 1.165) is 18.6 Å². The minimum atomic E-state index is -0.249. The Morgan fingerprint density at radius 1 is 1.07 bits per heavy atom. The van der Waals surface area contributed by atoms with Gasteiger partial charge in [0.25, 0.3) is 11.8 Å². The van der Waals surface area contributed by atoms with Crippen LogP contribution in [0.25, 0.3) is 0 Å². The number of piperidine rings is 1. The molecule has 7 heteroatoms. The molecular weight excluding hydrogens is 364 g/mol. The molecule has 4 rings (SSSR count). The van der Waals surface area contributed by atoms with Crippen molar-refractivity contribution in [2.75, 3.05) is 32.5 Å². The lowest BCUT2D eigenvalue weighted by atomic mass is 10.0. The molecule has 3 heterocycles. The molecule has 1 aromatic heterocycles. The summed E-state index contributed by atoms with van der Waals surface area (Å²) in [7, 11) is 1.57. The zero-order valence-corrected chi connectivity index (χ0v) is 16.0. The highest BCUT2D eigenvalue weighted by molar-refractivity contribution is 8.00. The highest BCUT2D eigenvalue weighted by Gasteiger charge is 2.47. The SMILES string of the molecule is COc1ccccc1C(=O)N1CCC2(CC1)SCCN2C(=O)c1ccco1. The van der Waals surface area contributed by atoms with Crippen molar-refractivity contribution in [1.82, 2.24) is 9.80 Å². The topological polar surface area (TPSA) is 63.0 Å². The molecule has 2 aromatic rings. The van der Waals surface area contributed by atoms with Crippen molar-refractivity contribution < 1.29 is 18.7 Å². The number of furan rings is 1. The highest BCUT2D eigenvalue weighted by Crippen LogP contribution is 2.44. The Labute approximate surface area is 162 Å². The second-order valence-corrected chi connectivity index (χ2v) is 8.18. The summed E-state index contributed by atoms with van der Waals surface area (Å²) in [5.74, 6) is 1.80. The van der Waals surface area contributed by atoms with Gasteiger partial charge in [0.1, 0.15) is 5.75 Å². The minimum Gasteiger partial charge on any atom is -0.496 e. The quantitative estimate of drug-likeness (QED) is 0.811. The van der Waals surface area contributed by atoms with Gasteiger partial charge in [-0.15, -0.1) is 11.8 Å². The second kappa shape index (κ2) is 7.31. The number of carbonyl (C=O) groups is 2. The van der Waals surface area contributed by atoms with Crippen LogP contribution in [0.5, 0.6) is 5.75 Å². The van der Waals surface area contributed by atoms with Crippen LogP contribution in [0.4, 0.5) is 0 Å². The number of carbonyl (C=O) groups excluding carboxylic acids is 2. The van der Waals surface area contributed by atoms with Crippen molar-refractivity contribution in [2.24, 2.45) is 0 Å². The summed E-state index contributed by atoms with van der Waals surface area (Å²) in [4.78, 5) is 29.3. The largest absolute Gasteiger partial charge is 0.496 e. The molecule has 2 aliphatic rings. The third-order valence-corrected chi connectivity index (χ3v) is 6.88. The molecule has 1 spiro atoms. The summed E-state index contributed by atoms with van der Waals surface area (Å²) in [5.41, 5.74) is 0.582. The van der Waals surface area contributed by atoms with Crippen molar-refractivity contribution in [3.05, 3.63) is 54.0 Å². The second-order valence-electron chi connectivity index (χ2n) is 6.72. The van der Waals surface area contributed by atoms with E-state index in [0.29, 0.717) is 36.7 Å². The average Bonchev–Trinajstić information content (AvgIpc) is 3.38. The van der Waals surface area contributed by atoms with Gasteiger partial charge in [-0.3, -0.25) is 9.59 Å². The molecule has 142 valence electrons. The molecule has 0 unspecified atom stereocenters. The Morgan fingerprint density at radius 2 is 1.85 bits per heavy atom. The maximum Gasteiger partial charge on any atom is 0.290 e. The molecule has 2 fully saturated rings. The summed E-state index contributed by atoms with van der Waals surface area (Å²) in [6.45, 7) is 1.95. The first-order valence-electron chi connectivity index (χ1n) is 9.06. The number of benzene rings is 1. The molecule has 0 atom stereocenters. The Kier molecular flexibility index (Phi) is 4.86. The summed E-state index contributed by atoms with van der Waals surface area (Å²) in [6, 6.07) is 10.7. The molecule has 1 aromatic carbocycles. The number of methoxy groups -OCH3 is 1. The molecule has 27 heavy (non-hydrogen) atoms. The Hall–Kier alpha value is -2.41. The van der Waals surface area contributed by atoms with E-state index in [-0.39, 0.29) is 16.7 Å². The molecule has 2 amide bonds. The Balaban J connectivity index is 1.48. The van der Waals surface area contributed by atoms with Gasteiger partial charge in [0.2, 0.25) is 0 Å². The van der Waals surface area contributed by atoms with E-state index in [1.165, 1.54) is 6.26 Å². The predicted molar refractivity (Wildman–Crippen MR) is 103 cm³/mol. The predicted octanol–water partition coefficient (Wildman–Crippen LogP) is 3.11. The molecule has 0 saturated carbocycles. The number of likely N-dealkylation sites (tertiary alicyclic amines) is 1. The third-order valence-electron chi connectivity index (χ3n) is 5.32. The number of ether oxygens (including phenoxy) is 1. The van der Waals surface area contributed by atoms with Crippen LogP contribution >= 0.6 is 11.8 Å². The van der Waals surface area contributed by atoms with Crippen molar-refractivity contribution >= 4 is 23.6 Å². The lowest BCUT2D eigenvalue weighted by Crippen LogP contribution is -2.53. The smallest absolute Gasteiger partial charge is 0.290 e. The van der Waals surface area contributed by atoms with E-state index in [1.807, 2.05) is 33.7 Å². The van der Waals surface area contributed by atoms with Crippen LogP contribution < -0.4 is 4.74 Å². The molecule has 2 aliphatic heterocycles. The van der Waals surface area contributed by atoms with Crippen molar-refractivity contribution in [3.63, 3.8) is 0 Å². The van der Waals surface area contributed by atoms with E-state index >= 15 is 0 Å². The lowest BCUT2D eigenvalue weighted by molar-refractivity contribution is 0.0476. The fourth-order valence-electron chi connectivity index (χ4n) is 3.89. The van der Waals surface area contributed by atoms with E-state index < -0.39 is 0 Å². The third kappa shape index (κ3) is 3.20. The molecule has 0 N–H and O–H groups in total. The van der Waals surface area contributed by atoms with E-state index in [2.05, 4.69) is 0 Å². The van der Waals surface area contributed by atoms with Gasteiger partial charge < -0.3 is 19.0 Å². The number of amides is 2. The summed E-state index contributed by atoms with van der Waals surface area (Å²) in [5, 5.41) is 0. The number of para-hydroxylation sites is 1. The highest BCUT2D eigenvalue weighted by atomic mass is 32.2. The number of hydrogen-bond donors (Lipinski definition) is 0. The van der Waals surface area contributed by atoms with Crippen molar-refractivity contribution in [1.29, 1.82) is 0 Å². The molecule has 2 saturated heterocycles. The lowest BCUT2D eigenvalue weighted by Gasteiger charge is -2.43. The fraction of sp³-hybridized carbons (Fsp3) is 0.400. The molecule has 0 bridgehead atoms. The van der Waals surface area contributed by atoms with Crippen LogP contribution in [0.2, 0.25) is 0 Å². The van der Waals surface area contributed by atoms with Gasteiger partial charge >= 0.3 is 0 Å². The summed E-state index contributed by atoms with van der Waals surface area (Å²) < 4.78 is 10.6. The zero-order chi connectivity index (χ0) is 18.9. The van der Waals surface area contributed by atoms with Gasteiger partial charge in [0.05, 0.1) is 23.8 Å². The molecule has 0 radical (unpaired) electrons. The maximum atomic E-state index is 12.9. The van der Waals surface area contributed by atoms with Crippen molar-refractivity contribution in [2.45, 2.75) is 17.7 Å². The number of thioether (sulfide) groups is 1. The van der Waals surface area contributed by atoms with Crippen LogP contribution in [-0.4, -0.2) is 59.0 Å². The van der Waals surface area contributed by atoms with Gasteiger partial charge in [-0.2, -0.15) is 0 Å². The molecule has 6 nitrogen and oxygen atoms in total. The summed E-state index contributed by atoms with van der Waals surface area (Å²) in [6.07, 6.45) is 3.04. The first-order chi connectivity index (χ1) is 13.1. The van der Waals surface area contributed by atoms with Gasteiger partial charge in [-0.05, 0) is 37.1 Å². The van der Waals surface area contributed by atoms with Gasteiger partial charge in [0.15, 0.2) is 5.76 Å². The summed E-state index contributed by atoms with van der Waals surface area (Å²) >= 11 is 1.82. The normalized spacial score (nSPS) is 18.7. The van der Waals surface area contributed by atoms with Crippen LogP contribution in [-0.2, 0) is 0 Å². The maximum absolute atomic E-state index is 12.9. The molecule has 0 aliphatic carbocycles. The van der Waals surface area contributed by atoms with Gasteiger partial charge in [-0.25, -0.2) is 0 Å². The Bertz CT molecular complexity index is 828. The van der Waals surface area contributed by atoms with E-state index in [1.54, 1.807) is 31.4 Å².